The van der Waals surface area contributed by atoms with E-state index in [1.807, 2.05) is 6.92 Å². The number of hydrogen-bond acceptors (Lipinski definition) is 7. The number of Topliss-reactive ketones (excluding diaryl/α,β-unsaturated/α-hetero) is 1. The van der Waals surface area contributed by atoms with E-state index < -0.39 is 11.7 Å². The zero-order chi connectivity index (χ0) is 25.2. The second-order valence-electron chi connectivity index (χ2n) is 9.54. The van der Waals surface area contributed by atoms with Gasteiger partial charge >= 0.3 is 0 Å². The first kappa shape index (κ1) is 25.4. The summed E-state index contributed by atoms with van der Waals surface area (Å²) >= 11 is 0. The van der Waals surface area contributed by atoms with Crippen molar-refractivity contribution in [2.24, 2.45) is 5.92 Å². The molecule has 0 radical (unpaired) electrons. The molecule has 34 heavy (non-hydrogen) atoms. The SMILES string of the molecule is C=C(C)[C@H](CCC(C)(C)O)Cc1c(O)cc(OC)c2c1O[C@H](c1ccc(O)cc1OC)CC2=O. The molecule has 0 unspecified atom stereocenters. The molecule has 2 atom stereocenters. The lowest BCUT2D eigenvalue weighted by Gasteiger charge is -2.31. The first-order chi connectivity index (χ1) is 15.9. The molecular weight excluding hydrogens is 436 g/mol. The van der Waals surface area contributed by atoms with Gasteiger partial charge in [0.1, 0.15) is 40.4 Å². The van der Waals surface area contributed by atoms with E-state index in [2.05, 4.69) is 6.58 Å². The Morgan fingerprint density at radius 1 is 1.21 bits per heavy atom. The summed E-state index contributed by atoms with van der Waals surface area (Å²) < 4.78 is 17.1. The van der Waals surface area contributed by atoms with Crippen LogP contribution in [0.3, 0.4) is 0 Å². The molecule has 7 heteroatoms. The van der Waals surface area contributed by atoms with Crippen molar-refractivity contribution in [1.82, 2.24) is 0 Å². The van der Waals surface area contributed by atoms with Crippen LogP contribution in [0.15, 0.2) is 36.4 Å². The van der Waals surface area contributed by atoms with Gasteiger partial charge in [0, 0.05) is 23.3 Å². The number of allylic oxidation sites excluding steroid dienone is 1. The fraction of sp³-hybridized carbons (Fsp3) is 0.444. The van der Waals surface area contributed by atoms with E-state index in [1.165, 1.54) is 32.4 Å². The van der Waals surface area contributed by atoms with Gasteiger partial charge in [0.15, 0.2) is 5.78 Å². The summed E-state index contributed by atoms with van der Waals surface area (Å²) in [6.45, 7) is 9.53. The zero-order valence-electron chi connectivity index (χ0n) is 20.5. The summed E-state index contributed by atoms with van der Waals surface area (Å²) in [6.07, 6.45) is 0.979. The number of aromatic hydroxyl groups is 2. The summed E-state index contributed by atoms with van der Waals surface area (Å²) in [4.78, 5) is 13.3. The second-order valence-corrected chi connectivity index (χ2v) is 9.54. The van der Waals surface area contributed by atoms with Gasteiger partial charge in [-0.05, 0) is 58.1 Å². The first-order valence-electron chi connectivity index (χ1n) is 11.3. The third-order valence-corrected chi connectivity index (χ3v) is 6.27. The van der Waals surface area contributed by atoms with Gasteiger partial charge in [-0.1, -0.05) is 12.2 Å². The second kappa shape index (κ2) is 9.97. The van der Waals surface area contributed by atoms with Crippen molar-refractivity contribution >= 4 is 5.78 Å². The van der Waals surface area contributed by atoms with E-state index in [-0.39, 0.29) is 41.1 Å². The molecule has 0 aliphatic carbocycles. The van der Waals surface area contributed by atoms with Gasteiger partial charge in [0.2, 0.25) is 0 Å². The van der Waals surface area contributed by atoms with E-state index >= 15 is 0 Å². The maximum Gasteiger partial charge on any atom is 0.174 e. The molecule has 0 aromatic heterocycles. The van der Waals surface area contributed by atoms with E-state index in [9.17, 15) is 20.1 Å². The van der Waals surface area contributed by atoms with Crippen LogP contribution >= 0.6 is 0 Å². The Balaban J connectivity index is 2.07. The molecule has 0 bridgehead atoms. The number of rotatable bonds is 9. The number of phenols is 2. The number of fused-ring (bicyclic) bond motifs is 1. The molecule has 0 fully saturated rings. The maximum atomic E-state index is 13.3. The smallest absolute Gasteiger partial charge is 0.174 e. The van der Waals surface area contributed by atoms with Gasteiger partial charge in [0.05, 0.1) is 26.2 Å². The van der Waals surface area contributed by atoms with Crippen molar-refractivity contribution in [3.63, 3.8) is 0 Å². The van der Waals surface area contributed by atoms with Crippen molar-refractivity contribution < 1.29 is 34.3 Å². The highest BCUT2D eigenvalue weighted by Gasteiger charge is 2.36. The van der Waals surface area contributed by atoms with Crippen LogP contribution in [0.1, 0.15) is 67.6 Å². The summed E-state index contributed by atoms with van der Waals surface area (Å²) in [6, 6.07) is 6.09. The topological polar surface area (TPSA) is 105 Å². The van der Waals surface area contributed by atoms with Crippen molar-refractivity contribution in [2.45, 2.75) is 58.2 Å². The normalized spacial score (nSPS) is 16.4. The van der Waals surface area contributed by atoms with Crippen LogP contribution in [0, 0.1) is 5.92 Å². The number of benzene rings is 2. The Kier molecular flexibility index (Phi) is 7.46. The fourth-order valence-electron chi connectivity index (χ4n) is 4.31. The minimum Gasteiger partial charge on any atom is -0.508 e. The van der Waals surface area contributed by atoms with Gasteiger partial charge < -0.3 is 29.5 Å². The van der Waals surface area contributed by atoms with Crippen LogP contribution in [-0.2, 0) is 6.42 Å². The lowest BCUT2D eigenvalue weighted by molar-refractivity contribution is 0.0650. The third-order valence-electron chi connectivity index (χ3n) is 6.27. The molecule has 2 aromatic rings. The number of ketones is 1. The van der Waals surface area contributed by atoms with E-state index in [4.69, 9.17) is 14.2 Å². The van der Waals surface area contributed by atoms with Gasteiger partial charge in [0.25, 0.3) is 0 Å². The van der Waals surface area contributed by atoms with E-state index in [0.717, 1.165) is 5.57 Å². The summed E-state index contributed by atoms with van der Waals surface area (Å²) in [7, 11) is 2.92. The zero-order valence-corrected chi connectivity index (χ0v) is 20.5. The van der Waals surface area contributed by atoms with Crippen LogP contribution in [0.2, 0.25) is 0 Å². The molecule has 0 saturated heterocycles. The quantitative estimate of drug-likeness (QED) is 0.438. The van der Waals surface area contributed by atoms with Crippen LogP contribution in [0.5, 0.6) is 28.7 Å². The first-order valence-corrected chi connectivity index (χ1v) is 11.3. The van der Waals surface area contributed by atoms with Crippen molar-refractivity contribution in [3.05, 3.63) is 53.1 Å². The lowest BCUT2D eigenvalue weighted by Crippen LogP contribution is -2.24. The Morgan fingerprint density at radius 3 is 2.47 bits per heavy atom. The molecule has 1 heterocycles. The number of ether oxygens (including phenoxy) is 3. The average Bonchev–Trinajstić information content (AvgIpc) is 2.76. The molecule has 0 amide bonds. The Labute approximate surface area is 200 Å². The minimum atomic E-state index is -0.831. The molecule has 0 saturated carbocycles. The molecule has 3 rings (SSSR count). The molecule has 0 spiro atoms. The van der Waals surface area contributed by atoms with Gasteiger partial charge in [-0.25, -0.2) is 0 Å². The van der Waals surface area contributed by atoms with E-state index in [0.29, 0.717) is 41.7 Å². The number of aliphatic hydroxyl groups is 1. The van der Waals surface area contributed by atoms with Crippen LogP contribution < -0.4 is 14.2 Å². The minimum absolute atomic E-state index is 0.0313. The van der Waals surface area contributed by atoms with Crippen LogP contribution in [0.4, 0.5) is 0 Å². The number of hydrogen-bond donors (Lipinski definition) is 3. The monoisotopic (exact) mass is 470 g/mol. The van der Waals surface area contributed by atoms with Crippen molar-refractivity contribution in [3.8, 4) is 28.7 Å². The number of carbonyl (C=O) groups excluding carboxylic acids is 1. The molecular formula is C27H34O7. The van der Waals surface area contributed by atoms with E-state index in [1.54, 1.807) is 19.9 Å². The van der Waals surface area contributed by atoms with Gasteiger partial charge in [-0.2, -0.15) is 0 Å². The Morgan fingerprint density at radius 2 is 1.88 bits per heavy atom. The molecule has 2 aromatic carbocycles. The van der Waals surface area contributed by atoms with Gasteiger partial charge in [-0.15, -0.1) is 0 Å². The number of phenolic OH excluding ortho intramolecular Hbond substituents is 2. The molecule has 184 valence electrons. The summed E-state index contributed by atoms with van der Waals surface area (Å²) in [5, 5.41) is 30.9. The maximum absolute atomic E-state index is 13.3. The predicted octanol–water partition coefficient (Wildman–Crippen LogP) is 5.11. The fourth-order valence-corrected chi connectivity index (χ4v) is 4.31. The van der Waals surface area contributed by atoms with Crippen molar-refractivity contribution in [1.29, 1.82) is 0 Å². The Hall–Kier alpha value is -3.19. The molecule has 7 nitrogen and oxygen atoms in total. The Bertz CT molecular complexity index is 1080. The largest absolute Gasteiger partial charge is 0.508 e. The summed E-state index contributed by atoms with van der Waals surface area (Å²) in [5.74, 6) is 0.721. The summed E-state index contributed by atoms with van der Waals surface area (Å²) in [5.41, 5.74) is 1.49. The number of carbonyl (C=O) groups is 1. The van der Waals surface area contributed by atoms with Crippen molar-refractivity contribution in [2.75, 3.05) is 14.2 Å². The van der Waals surface area contributed by atoms with Crippen LogP contribution in [-0.4, -0.2) is 40.9 Å². The molecule has 1 aliphatic rings. The lowest BCUT2D eigenvalue weighted by atomic mass is 9.84. The van der Waals surface area contributed by atoms with Gasteiger partial charge in [-0.3, -0.25) is 4.79 Å². The number of methoxy groups -OCH3 is 2. The molecule has 1 aliphatic heterocycles. The highest BCUT2D eigenvalue weighted by atomic mass is 16.5. The highest BCUT2D eigenvalue weighted by Crippen LogP contribution is 2.48. The molecule has 3 N–H and O–H groups in total. The van der Waals surface area contributed by atoms with Crippen LogP contribution in [0.25, 0.3) is 0 Å². The standard InChI is InChI=1S/C27H34O7/c1-15(2)16(9-10-27(3,4)31)11-19-20(29)13-24(33-6)25-21(30)14-23(34-26(19)25)18-8-7-17(28)12-22(18)32-5/h7-8,12-13,16,23,28-29,31H,1,9-11,14H2,2-6H3/t16-,23+/m1/s1. The predicted molar refractivity (Wildman–Crippen MR) is 129 cm³/mol. The average molecular weight is 471 g/mol. The highest BCUT2D eigenvalue weighted by molar-refractivity contribution is 6.03. The third kappa shape index (κ3) is 5.47.